The van der Waals surface area contributed by atoms with E-state index in [1.165, 1.54) is 45.4 Å². The first-order valence-electron chi connectivity index (χ1n) is 7.62. The Morgan fingerprint density at radius 3 is 2.56 bits per heavy atom. The van der Waals surface area contributed by atoms with Crippen LogP contribution in [-0.4, -0.2) is 62.7 Å². The molecule has 3 heteroatoms. The van der Waals surface area contributed by atoms with Crippen LogP contribution in [0.4, 0.5) is 0 Å². The molecule has 1 fully saturated rings. The van der Waals surface area contributed by atoms with Gasteiger partial charge in [-0.05, 0) is 51.9 Å². The molecule has 2 unspecified atom stereocenters. The zero-order chi connectivity index (χ0) is 13.6. The lowest BCUT2D eigenvalue weighted by molar-refractivity contribution is 0.111. The van der Waals surface area contributed by atoms with Crippen LogP contribution in [0.1, 0.15) is 40.0 Å². The first kappa shape index (κ1) is 15.9. The zero-order valence-electron chi connectivity index (χ0n) is 13.1. The monoisotopic (exact) mass is 255 g/mol. The number of hydrogen-bond acceptors (Lipinski definition) is 3. The molecule has 2 atom stereocenters. The van der Waals surface area contributed by atoms with Crippen LogP contribution in [-0.2, 0) is 0 Å². The number of nitrogens with zero attached hydrogens (tertiary/aromatic N) is 2. The lowest BCUT2D eigenvalue weighted by Crippen LogP contribution is -2.47. The van der Waals surface area contributed by atoms with Gasteiger partial charge in [0, 0.05) is 25.7 Å². The molecule has 0 aromatic rings. The van der Waals surface area contributed by atoms with Crippen molar-refractivity contribution in [3.63, 3.8) is 0 Å². The van der Waals surface area contributed by atoms with Gasteiger partial charge in [0.2, 0.25) is 0 Å². The Hall–Kier alpha value is -0.120. The van der Waals surface area contributed by atoms with Gasteiger partial charge in [-0.15, -0.1) is 0 Å². The fraction of sp³-hybridized carbons (Fsp3) is 1.00. The molecular formula is C15H33N3. The number of rotatable bonds is 6. The van der Waals surface area contributed by atoms with Crippen molar-refractivity contribution >= 4 is 0 Å². The average Bonchev–Trinajstić information content (AvgIpc) is 2.51. The molecule has 0 aromatic carbocycles. The van der Waals surface area contributed by atoms with Gasteiger partial charge in [0.15, 0.2) is 0 Å². The maximum atomic E-state index is 3.37. The highest BCUT2D eigenvalue weighted by Gasteiger charge is 2.29. The molecule has 1 rings (SSSR count). The number of hydrogen-bond donors (Lipinski definition) is 1. The predicted molar refractivity (Wildman–Crippen MR) is 80.1 cm³/mol. The van der Waals surface area contributed by atoms with Gasteiger partial charge < -0.3 is 10.2 Å². The van der Waals surface area contributed by atoms with E-state index >= 15 is 0 Å². The smallest absolute Gasteiger partial charge is 0.0220 e. The Bertz CT molecular complexity index is 232. The van der Waals surface area contributed by atoms with E-state index in [1.54, 1.807) is 0 Å². The quantitative estimate of drug-likeness (QED) is 0.783. The molecule has 0 bridgehead atoms. The molecule has 1 aliphatic rings. The molecule has 1 saturated heterocycles. The molecule has 0 radical (unpaired) electrons. The SMILES string of the molecule is CCC1CN(C)CCCN1CC(C)(CC)CNC. The van der Waals surface area contributed by atoms with Crippen molar-refractivity contribution in [3.05, 3.63) is 0 Å². The van der Waals surface area contributed by atoms with Gasteiger partial charge in [0.1, 0.15) is 0 Å². The fourth-order valence-electron chi connectivity index (χ4n) is 3.10. The fourth-order valence-corrected chi connectivity index (χ4v) is 3.10. The maximum absolute atomic E-state index is 3.37. The van der Waals surface area contributed by atoms with Gasteiger partial charge in [-0.2, -0.15) is 0 Å². The van der Waals surface area contributed by atoms with Gasteiger partial charge >= 0.3 is 0 Å². The molecule has 3 nitrogen and oxygen atoms in total. The number of nitrogens with one attached hydrogen (secondary N) is 1. The molecule has 0 spiro atoms. The largest absolute Gasteiger partial charge is 0.319 e. The van der Waals surface area contributed by atoms with Crippen LogP contribution in [0.3, 0.4) is 0 Å². The zero-order valence-corrected chi connectivity index (χ0v) is 13.1. The van der Waals surface area contributed by atoms with Crippen molar-refractivity contribution in [1.82, 2.24) is 15.1 Å². The van der Waals surface area contributed by atoms with E-state index in [-0.39, 0.29) is 0 Å². The van der Waals surface area contributed by atoms with E-state index in [0.29, 0.717) is 5.41 Å². The Morgan fingerprint density at radius 1 is 1.28 bits per heavy atom. The van der Waals surface area contributed by atoms with E-state index in [4.69, 9.17) is 0 Å². The van der Waals surface area contributed by atoms with Crippen molar-refractivity contribution in [2.75, 3.05) is 46.8 Å². The molecule has 108 valence electrons. The van der Waals surface area contributed by atoms with Crippen molar-refractivity contribution < 1.29 is 0 Å². The van der Waals surface area contributed by atoms with Crippen molar-refractivity contribution in [2.24, 2.45) is 5.41 Å². The average molecular weight is 255 g/mol. The van der Waals surface area contributed by atoms with E-state index < -0.39 is 0 Å². The highest BCUT2D eigenvalue weighted by Crippen LogP contribution is 2.24. The summed E-state index contributed by atoms with van der Waals surface area (Å²) in [4.78, 5) is 5.24. The number of likely N-dealkylation sites (N-methyl/N-ethyl adjacent to an activating group) is 1. The third-order valence-electron chi connectivity index (χ3n) is 4.54. The summed E-state index contributed by atoms with van der Waals surface area (Å²) in [6, 6.07) is 0.736. The molecule has 18 heavy (non-hydrogen) atoms. The highest BCUT2D eigenvalue weighted by atomic mass is 15.2. The van der Waals surface area contributed by atoms with E-state index in [1.807, 2.05) is 0 Å². The van der Waals surface area contributed by atoms with Crippen molar-refractivity contribution in [3.8, 4) is 0 Å². The minimum Gasteiger partial charge on any atom is -0.319 e. The summed E-state index contributed by atoms with van der Waals surface area (Å²) in [7, 11) is 4.33. The van der Waals surface area contributed by atoms with Crippen LogP contribution in [0, 0.1) is 5.41 Å². The molecule has 0 aliphatic carbocycles. The third-order valence-corrected chi connectivity index (χ3v) is 4.54. The van der Waals surface area contributed by atoms with Gasteiger partial charge in [-0.25, -0.2) is 0 Å². The second-order valence-corrected chi connectivity index (χ2v) is 6.34. The van der Waals surface area contributed by atoms with Crippen LogP contribution >= 0.6 is 0 Å². The lowest BCUT2D eigenvalue weighted by Gasteiger charge is -2.38. The van der Waals surface area contributed by atoms with Gasteiger partial charge in [-0.1, -0.05) is 20.8 Å². The van der Waals surface area contributed by atoms with E-state index in [0.717, 1.165) is 12.6 Å². The molecule has 0 aromatic heterocycles. The van der Waals surface area contributed by atoms with Gasteiger partial charge in [0.05, 0.1) is 0 Å². The molecule has 0 amide bonds. The Balaban J connectivity index is 2.66. The van der Waals surface area contributed by atoms with Crippen LogP contribution in [0.5, 0.6) is 0 Å². The minimum absolute atomic E-state index is 0.408. The Kier molecular flexibility index (Phi) is 6.61. The second kappa shape index (κ2) is 7.46. The minimum atomic E-state index is 0.408. The molecule has 1 heterocycles. The molecule has 1 aliphatic heterocycles. The normalized spacial score (nSPS) is 26.8. The molecular weight excluding hydrogens is 222 g/mol. The van der Waals surface area contributed by atoms with Crippen molar-refractivity contribution in [1.29, 1.82) is 0 Å². The van der Waals surface area contributed by atoms with Crippen LogP contribution in [0.25, 0.3) is 0 Å². The maximum Gasteiger partial charge on any atom is 0.0220 e. The van der Waals surface area contributed by atoms with E-state index in [9.17, 15) is 0 Å². The molecule has 1 N–H and O–H groups in total. The lowest BCUT2D eigenvalue weighted by atomic mass is 9.86. The van der Waals surface area contributed by atoms with Gasteiger partial charge in [0.25, 0.3) is 0 Å². The van der Waals surface area contributed by atoms with Crippen LogP contribution < -0.4 is 5.32 Å². The van der Waals surface area contributed by atoms with Crippen molar-refractivity contribution in [2.45, 2.75) is 46.1 Å². The first-order chi connectivity index (χ1) is 8.54. The molecule has 0 saturated carbocycles. The summed E-state index contributed by atoms with van der Waals surface area (Å²) >= 11 is 0. The Labute approximate surface area is 114 Å². The predicted octanol–water partition coefficient (Wildman–Crippen LogP) is 2.04. The summed E-state index contributed by atoms with van der Waals surface area (Å²) in [5.41, 5.74) is 0.408. The highest BCUT2D eigenvalue weighted by molar-refractivity contribution is 4.85. The van der Waals surface area contributed by atoms with Gasteiger partial charge in [-0.3, -0.25) is 4.90 Å². The summed E-state index contributed by atoms with van der Waals surface area (Å²) in [6.07, 6.45) is 3.83. The summed E-state index contributed by atoms with van der Waals surface area (Å²) in [5.74, 6) is 0. The third kappa shape index (κ3) is 4.52. The summed E-state index contributed by atoms with van der Waals surface area (Å²) < 4.78 is 0. The Morgan fingerprint density at radius 2 is 2.00 bits per heavy atom. The van der Waals surface area contributed by atoms with Crippen LogP contribution in [0.15, 0.2) is 0 Å². The standard InChI is InChI=1S/C15H33N3/c1-6-14-11-17(5)9-8-10-18(14)13-15(3,7-2)12-16-4/h14,16H,6-13H2,1-5H3. The second-order valence-electron chi connectivity index (χ2n) is 6.34. The topological polar surface area (TPSA) is 18.5 Å². The first-order valence-corrected chi connectivity index (χ1v) is 7.62. The summed E-state index contributed by atoms with van der Waals surface area (Å²) in [5, 5.41) is 3.37. The van der Waals surface area contributed by atoms with Crippen LogP contribution in [0.2, 0.25) is 0 Å². The van der Waals surface area contributed by atoms with E-state index in [2.05, 4.69) is 50.0 Å². The summed E-state index contributed by atoms with van der Waals surface area (Å²) in [6.45, 7) is 13.2.